The molecule has 3 rings (SSSR count). The van der Waals surface area contributed by atoms with E-state index in [1.54, 1.807) is 17.5 Å². The van der Waals surface area contributed by atoms with Crippen LogP contribution in [0.1, 0.15) is 13.8 Å². The second-order valence-electron chi connectivity index (χ2n) is 5.60. The Morgan fingerprint density at radius 2 is 1.96 bits per heavy atom. The zero-order valence-corrected chi connectivity index (χ0v) is 15.5. The number of rotatable bonds is 8. The zero-order chi connectivity index (χ0) is 17.5. The number of thiophene rings is 1. The van der Waals surface area contributed by atoms with E-state index in [4.69, 9.17) is 4.98 Å². The summed E-state index contributed by atoms with van der Waals surface area (Å²) in [5.41, 5.74) is 2.77. The van der Waals surface area contributed by atoms with E-state index >= 15 is 0 Å². The maximum Gasteiger partial charge on any atom is 0.223 e. The predicted octanol–water partition coefficient (Wildman–Crippen LogP) is 4.02. The molecule has 5 nitrogen and oxygen atoms in total. The molecule has 0 atom stereocenters. The van der Waals surface area contributed by atoms with Crippen LogP contribution < -0.4 is 5.32 Å². The van der Waals surface area contributed by atoms with E-state index in [9.17, 15) is 0 Å². The van der Waals surface area contributed by atoms with E-state index in [0.29, 0.717) is 5.95 Å². The van der Waals surface area contributed by atoms with Crippen molar-refractivity contribution in [3.63, 3.8) is 0 Å². The summed E-state index contributed by atoms with van der Waals surface area (Å²) in [6.45, 7) is 8.27. The molecule has 0 radical (unpaired) electrons. The maximum atomic E-state index is 4.77. The fourth-order valence-corrected chi connectivity index (χ4v) is 3.37. The molecule has 0 amide bonds. The molecular formula is C19H23N5S. The normalized spacial score (nSPS) is 11.0. The topological polar surface area (TPSA) is 53.9 Å². The van der Waals surface area contributed by atoms with Gasteiger partial charge in [-0.05, 0) is 36.7 Å². The largest absolute Gasteiger partial charge is 0.353 e. The summed E-state index contributed by atoms with van der Waals surface area (Å²) >= 11 is 1.68. The smallest absolute Gasteiger partial charge is 0.223 e. The molecule has 3 heterocycles. The van der Waals surface area contributed by atoms with E-state index in [1.807, 2.05) is 30.5 Å². The van der Waals surface area contributed by atoms with Crippen LogP contribution in [-0.4, -0.2) is 46.0 Å². The standard InChI is InChI=1S/C19H23N5S/c1-3-24(4-2)12-11-21-19-22-14-15(16-8-5-6-10-20-16)18(23-19)17-9-7-13-25-17/h5-10,13-14H,3-4,11-12H2,1-2H3,(H,21,22,23). The lowest BCUT2D eigenvalue weighted by Crippen LogP contribution is -2.29. The summed E-state index contributed by atoms with van der Waals surface area (Å²) < 4.78 is 0. The Kier molecular flexibility index (Phi) is 6.09. The van der Waals surface area contributed by atoms with Crippen LogP contribution in [-0.2, 0) is 0 Å². The SMILES string of the molecule is CCN(CC)CCNc1ncc(-c2ccccn2)c(-c2cccs2)n1. The molecule has 1 N–H and O–H groups in total. The summed E-state index contributed by atoms with van der Waals surface area (Å²) in [6.07, 6.45) is 3.66. The number of nitrogens with one attached hydrogen (secondary N) is 1. The molecule has 0 bridgehead atoms. The van der Waals surface area contributed by atoms with Crippen LogP contribution in [0.2, 0.25) is 0 Å². The Labute approximate surface area is 152 Å². The molecular weight excluding hydrogens is 330 g/mol. The number of hydrogen-bond acceptors (Lipinski definition) is 6. The number of anilines is 1. The Hall–Kier alpha value is -2.31. The van der Waals surface area contributed by atoms with Gasteiger partial charge in [-0.2, -0.15) is 0 Å². The summed E-state index contributed by atoms with van der Waals surface area (Å²) in [4.78, 5) is 17.2. The van der Waals surface area contributed by atoms with Gasteiger partial charge >= 0.3 is 0 Å². The lowest BCUT2D eigenvalue weighted by Gasteiger charge is -2.18. The van der Waals surface area contributed by atoms with Crippen molar-refractivity contribution in [2.75, 3.05) is 31.5 Å². The molecule has 6 heteroatoms. The van der Waals surface area contributed by atoms with E-state index in [1.165, 1.54) is 0 Å². The Balaban J connectivity index is 1.84. The third-order valence-corrected chi connectivity index (χ3v) is 4.97. The molecule has 3 aromatic heterocycles. The number of aromatic nitrogens is 3. The van der Waals surface area contributed by atoms with Gasteiger partial charge in [-0.3, -0.25) is 4.98 Å². The first-order valence-electron chi connectivity index (χ1n) is 8.60. The lowest BCUT2D eigenvalue weighted by molar-refractivity contribution is 0.316. The Morgan fingerprint density at radius 3 is 2.64 bits per heavy atom. The first-order valence-corrected chi connectivity index (χ1v) is 9.48. The molecule has 0 spiro atoms. The van der Waals surface area contributed by atoms with Crippen LogP contribution in [0.15, 0.2) is 48.1 Å². The van der Waals surface area contributed by atoms with Gasteiger partial charge in [0.25, 0.3) is 0 Å². The van der Waals surface area contributed by atoms with Gasteiger partial charge in [0.15, 0.2) is 0 Å². The minimum Gasteiger partial charge on any atom is -0.353 e. The molecule has 3 aromatic rings. The highest BCUT2D eigenvalue weighted by molar-refractivity contribution is 7.13. The highest BCUT2D eigenvalue weighted by atomic mass is 32.1. The van der Waals surface area contributed by atoms with Gasteiger partial charge in [-0.25, -0.2) is 9.97 Å². The number of hydrogen-bond donors (Lipinski definition) is 1. The van der Waals surface area contributed by atoms with Crippen LogP contribution in [0, 0.1) is 0 Å². The van der Waals surface area contributed by atoms with Crippen molar-refractivity contribution in [1.29, 1.82) is 0 Å². The van der Waals surface area contributed by atoms with Crippen LogP contribution in [0.25, 0.3) is 21.8 Å². The van der Waals surface area contributed by atoms with Gasteiger partial charge in [-0.15, -0.1) is 11.3 Å². The molecule has 0 saturated carbocycles. The summed E-state index contributed by atoms with van der Waals surface area (Å²) in [5.74, 6) is 0.662. The van der Waals surface area contributed by atoms with Crippen molar-refractivity contribution < 1.29 is 0 Å². The maximum absolute atomic E-state index is 4.77. The lowest BCUT2D eigenvalue weighted by atomic mass is 10.1. The van der Waals surface area contributed by atoms with Crippen molar-refractivity contribution in [3.8, 4) is 21.8 Å². The molecule has 130 valence electrons. The summed E-state index contributed by atoms with van der Waals surface area (Å²) in [6, 6.07) is 10.0. The summed E-state index contributed by atoms with van der Waals surface area (Å²) in [7, 11) is 0. The van der Waals surface area contributed by atoms with Crippen LogP contribution >= 0.6 is 11.3 Å². The number of nitrogens with zero attached hydrogens (tertiary/aromatic N) is 4. The molecule has 25 heavy (non-hydrogen) atoms. The first kappa shape index (κ1) is 17.5. The van der Waals surface area contributed by atoms with Crippen LogP contribution in [0.5, 0.6) is 0 Å². The molecule has 0 saturated heterocycles. The van der Waals surface area contributed by atoms with E-state index in [-0.39, 0.29) is 0 Å². The summed E-state index contributed by atoms with van der Waals surface area (Å²) in [5, 5.41) is 5.41. The molecule has 0 aliphatic carbocycles. The van der Waals surface area contributed by atoms with Gasteiger partial charge in [-0.1, -0.05) is 26.0 Å². The van der Waals surface area contributed by atoms with Crippen LogP contribution in [0.3, 0.4) is 0 Å². The fraction of sp³-hybridized carbons (Fsp3) is 0.316. The van der Waals surface area contributed by atoms with E-state index < -0.39 is 0 Å². The number of pyridine rings is 1. The van der Waals surface area contributed by atoms with Gasteiger partial charge in [0, 0.05) is 31.0 Å². The second kappa shape index (κ2) is 8.69. The molecule has 0 aliphatic heterocycles. The Morgan fingerprint density at radius 1 is 1.08 bits per heavy atom. The minimum absolute atomic E-state index is 0.662. The average Bonchev–Trinajstić information content (AvgIpc) is 3.20. The molecule has 0 aromatic carbocycles. The van der Waals surface area contributed by atoms with Crippen LogP contribution in [0.4, 0.5) is 5.95 Å². The van der Waals surface area contributed by atoms with Crippen molar-refractivity contribution in [2.45, 2.75) is 13.8 Å². The quantitative estimate of drug-likeness (QED) is 0.663. The van der Waals surface area contributed by atoms with Gasteiger partial charge in [0.2, 0.25) is 5.95 Å². The van der Waals surface area contributed by atoms with Crippen molar-refractivity contribution in [2.24, 2.45) is 0 Å². The minimum atomic E-state index is 0.662. The van der Waals surface area contributed by atoms with Gasteiger partial charge in [0.05, 0.1) is 16.3 Å². The first-order chi connectivity index (χ1) is 12.3. The zero-order valence-electron chi connectivity index (χ0n) is 14.6. The second-order valence-corrected chi connectivity index (χ2v) is 6.55. The van der Waals surface area contributed by atoms with Gasteiger partial charge < -0.3 is 10.2 Å². The third kappa shape index (κ3) is 4.41. The Bertz CT molecular complexity index is 770. The van der Waals surface area contributed by atoms with Crippen molar-refractivity contribution in [1.82, 2.24) is 19.9 Å². The predicted molar refractivity (Wildman–Crippen MR) is 105 cm³/mol. The average molecular weight is 353 g/mol. The van der Waals surface area contributed by atoms with E-state index in [0.717, 1.165) is 48.0 Å². The fourth-order valence-electron chi connectivity index (χ4n) is 2.64. The third-order valence-electron chi connectivity index (χ3n) is 4.09. The molecule has 0 unspecified atom stereocenters. The molecule has 0 aliphatic rings. The highest BCUT2D eigenvalue weighted by Crippen LogP contribution is 2.32. The monoisotopic (exact) mass is 353 g/mol. The highest BCUT2D eigenvalue weighted by Gasteiger charge is 2.13. The van der Waals surface area contributed by atoms with Crippen molar-refractivity contribution in [3.05, 3.63) is 48.1 Å². The van der Waals surface area contributed by atoms with E-state index in [2.05, 4.69) is 45.5 Å². The molecule has 0 fully saturated rings. The van der Waals surface area contributed by atoms with Crippen molar-refractivity contribution >= 4 is 17.3 Å². The van der Waals surface area contributed by atoms with Gasteiger partial charge in [0.1, 0.15) is 0 Å². The number of likely N-dealkylation sites (N-methyl/N-ethyl adjacent to an activating group) is 1.